The smallest absolute Gasteiger partial charge is 0.323 e. The molecule has 1 atom stereocenters. The van der Waals surface area contributed by atoms with E-state index in [2.05, 4.69) is 0 Å². The maximum Gasteiger partial charge on any atom is 0.323 e. The van der Waals surface area contributed by atoms with Crippen molar-refractivity contribution in [2.45, 2.75) is 25.5 Å². The molecule has 0 bridgehead atoms. The zero-order chi connectivity index (χ0) is 11.8. The number of esters is 1. The molecular weight excluding hydrogens is 226 g/mol. The molecule has 1 aromatic heterocycles. The van der Waals surface area contributed by atoms with Gasteiger partial charge >= 0.3 is 5.97 Å². The van der Waals surface area contributed by atoms with Gasteiger partial charge in [0.05, 0.1) is 0 Å². The van der Waals surface area contributed by atoms with Crippen LogP contribution in [0.1, 0.15) is 17.7 Å². The van der Waals surface area contributed by atoms with Gasteiger partial charge in [0.25, 0.3) is 0 Å². The molecule has 0 saturated heterocycles. The lowest BCUT2D eigenvalue weighted by Crippen LogP contribution is -2.32. The fourth-order valence-electron chi connectivity index (χ4n) is 1.21. The van der Waals surface area contributed by atoms with E-state index in [1.54, 1.807) is 18.4 Å². The number of hydrogen-bond donors (Lipinski definition) is 1. The number of methoxy groups -OCH3 is 1. The Labute approximate surface area is 99.4 Å². The van der Waals surface area contributed by atoms with E-state index in [4.69, 9.17) is 15.2 Å². The summed E-state index contributed by atoms with van der Waals surface area (Å²) in [6.07, 6.45) is 1.36. The molecule has 0 aliphatic rings. The molecule has 0 amide bonds. The van der Waals surface area contributed by atoms with Gasteiger partial charge in [-0.1, -0.05) is 6.07 Å². The first kappa shape index (κ1) is 13.2. The molecule has 0 aromatic carbocycles. The van der Waals surface area contributed by atoms with Crippen molar-refractivity contribution >= 4 is 17.3 Å². The van der Waals surface area contributed by atoms with E-state index in [0.717, 1.165) is 11.3 Å². The molecule has 1 heterocycles. The average Bonchev–Trinajstić information content (AvgIpc) is 2.79. The Morgan fingerprint density at radius 1 is 1.62 bits per heavy atom. The maximum atomic E-state index is 11.4. The number of thiophene rings is 1. The molecule has 2 N–H and O–H groups in total. The molecule has 90 valence electrons. The highest BCUT2D eigenvalue weighted by Crippen LogP contribution is 2.10. The van der Waals surface area contributed by atoms with Gasteiger partial charge in [0.1, 0.15) is 12.6 Å². The fraction of sp³-hybridized carbons (Fsp3) is 0.545. The molecule has 0 saturated carbocycles. The molecule has 1 aromatic rings. The zero-order valence-electron chi connectivity index (χ0n) is 9.35. The SMILES string of the molecule is COCCCC(N)C(=O)OCc1cccs1. The van der Waals surface area contributed by atoms with Crippen LogP contribution in [0.5, 0.6) is 0 Å². The number of rotatable bonds is 7. The minimum atomic E-state index is -0.546. The van der Waals surface area contributed by atoms with Crippen LogP contribution in [0.4, 0.5) is 0 Å². The lowest BCUT2D eigenvalue weighted by molar-refractivity contribution is -0.146. The zero-order valence-corrected chi connectivity index (χ0v) is 10.2. The molecular formula is C11H17NO3S. The maximum absolute atomic E-state index is 11.4. The molecule has 0 aliphatic carbocycles. The standard InChI is InChI=1S/C11H17NO3S/c1-14-6-2-5-10(12)11(13)15-8-9-4-3-7-16-9/h3-4,7,10H,2,5-6,8,12H2,1H3. The van der Waals surface area contributed by atoms with Crippen LogP contribution in [0.3, 0.4) is 0 Å². The number of carbonyl (C=O) groups excluding carboxylic acids is 1. The molecule has 0 aliphatic heterocycles. The van der Waals surface area contributed by atoms with Crippen molar-refractivity contribution in [2.75, 3.05) is 13.7 Å². The van der Waals surface area contributed by atoms with Crippen LogP contribution < -0.4 is 5.73 Å². The molecule has 0 fully saturated rings. The second-order valence-corrected chi connectivity index (χ2v) is 4.46. The van der Waals surface area contributed by atoms with Gasteiger partial charge < -0.3 is 15.2 Å². The molecule has 16 heavy (non-hydrogen) atoms. The summed E-state index contributed by atoms with van der Waals surface area (Å²) in [7, 11) is 1.63. The summed E-state index contributed by atoms with van der Waals surface area (Å²) >= 11 is 1.56. The van der Waals surface area contributed by atoms with E-state index in [9.17, 15) is 4.79 Å². The lowest BCUT2D eigenvalue weighted by atomic mass is 10.2. The Morgan fingerprint density at radius 2 is 2.44 bits per heavy atom. The summed E-state index contributed by atoms with van der Waals surface area (Å²) in [5.74, 6) is -0.343. The van der Waals surface area contributed by atoms with E-state index in [0.29, 0.717) is 19.6 Å². The third-order valence-electron chi connectivity index (χ3n) is 2.10. The van der Waals surface area contributed by atoms with Crippen LogP contribution >= 0.6 is 11.3 Å². The van der Waals surface area contributed by atoms with Gasteiger partial charge in [-0.05, 0) is 24.3 Å². The van der Waals surface area contributed by atoms with Gasteiger partial charge in [0, 0.05) is 18.6 Å². The second-order valence-electron chi connectivity index (χ2n) is 3.43. The van der Waals surface area contributed by atoms with Crippen LogP contribution in [0, 0.1) is 0 Å². The highest BCUT2D eigenvalue weighted by molar-refractivity contribution is 7.09. The van der Waals surface area contributed by atoms with Gasteiger partial charge in [0.15, 0.2) is 0 Å². The van der Waals surface area contributed by atoms with Crippen molar-refractivity contribution in [3.05, 3.63) is 22.4 Å². The van der Waals surface area contributed by atoms with E-state index >= 15 is 0 Å². The molecule has 5 heteroatoms. The van der Waals surface area contributed by atoms with Gasteiger partial charge in [-0.25, -0.2) is 0 Å². The summed E-state index contributed by atoms with van der Waals surface area (Å²) in [5, 5.41) is 1.95. The molecule has 1 unspecified atom stereocenters. The van der Waals surface area contributed by atoms with E-state index in [1.807, 2.05) is 17.5 Å². The second kappa shape index (κ2) is 7.38. The summed E-state index contributed by atoms with van der Waals surface area (Å²) in [6.45, 7) is 0.931. The predicted molar refractivity (Wildman–Crippen MR) is 63.2 cm³/mol. The third-order valence-corrected chi connectivity index (χ3v) is 2.95. The summed E-state index contributed by atoms with van der Waals surface area (Å²) < 4.78 is 9.97. The van der Waals surface area contributed by atoms with E-state index < -0.39 is 6.04 Å². The summed E-state index contributed by atoms with van der Waals surface area (Å²) in [5.41, 5.74) is 5.67. The van der Waals surface area contributed by atoms with Crippen molar-refractivity contribution in [3.8, 4) is 0 Å². The average molecular weight is 243 g/mol. The van der Waals surface area contributed by atoms with Crippen LogP contribution in [0.15, 0.2) is 17.5 Å². The largest absolute Gasteiger partial charge is 0.459 e. The lowest BCUT2D eigenvalue weighted by Gasteiger charge is -2.10. The fourth-order valence-corrected chi connectivity index (χ4v) is 1.83. The monoisotopic (exact) mass is 243 g/mol. The van der Waals surface area contributed by atoms with E-state index in [-0.39, 0.29) is 5.97 Å². The highest BCUT2D eigenvalue weighted by atomic mass is 32.1. The van der Waals surface area contributed by atoms with Gasteiger partial charge in [-0.2, -0.15) is 0 Å². The topological polar surface area (TPSA) is 61.5 Å². The molecule has 4 nitrogen and oxygen atoms in total. The quantitative estimate of drug-likeness (QED) is 0.583. The molecule has 0 spiro atoms. The Kier molecular flexibility index (Phi) is 6.07. The number of ether oxygens (including phenoxy) is 2. The van der Waals surface area contributed by atoms with Gasteiger partial charge in [-0.3, -0.25) is 4.79 Å². The number of hydrogen-bond acceptors (Lipinski definition) is 5. The van der Waals surface area contributed by atoms with Crippen LogP contribution in [0.25, 0.3) is 0 Å². The minimum absolute atomic E-state index is 0.314. The van der Waals surface area contributed by atoms with Crippen LogP contribution in [0.2, 0.25) is 0 Å². The third kappa shape index (κ3) is 4.74. The van der Waals surface area contributed by atoms with Crippen molar-refractivity contribution < 1.29 is 14.3 Å². The van der Waals surface area contributed by atoms with Crippen molar-refractivity contribution in [1.82, 2.24) is 0 Å². The van der Waals surface area contributed by atoms with Gasteiger partial charge in [-0.15, -0.1) is 11.3 Å². The minimum Gasteiger partial charge on any atom is -0.459 e. The first-order valence-electron chi connectivity index (χ1n) is 5.17. The van der Waals surface area contributed by atoms with E-state index in [1.165, 1.54) is 0 Å². The summed E-state index contributed by atoms with van der Waals surface area (Å²) in [4.78, 5) is 12.5. The number of nitrogens with two attached hydrogens (primary N) is 1. The Balaban J connectivity index is 2.18. The van der Waals surface area contributed by atoms with Crippen molar-refractivity contribution in [3.63, 3.8) is 0 Å². The molecule has 1 rings (SSSR count). The Morgan fingerprint density at radius 3 is 3.06 bits per heavy atom. The van der Waals surface area contributed by atoms with Crippen LogP contribution in [-0.4, -0.2) is 25.7 Å². The first-order chi connectivity index (χ1) is 7.74. The van der Waals surface area contributed by atoms with Crippen molar-refractivity contribution in [2.24, 2.45) is 5.73 Å². The van der Waals surface area contributed by atoms with Gasteiger partial charge in [0.2, 0.25) is 0 Å². The Hall–Kier alpha value is -0.910. The van der Waals surface area contributed by atoms with Crippen LogP contribution in [-0.2, 0) is 20.9 Å². The van der Waals surface area contributed by atoms with Crippen molar-refractivity contribution in [1.29, 1.82) is 0 Å². The molecule has 0 radical (unpaired) electrons. The normalized spacial score (nSPS) is 12.4. The highest BCUT2D eigenvalue weighted by Gasteiger charge is 2.14. The predicted octanol–water partition coefficient (Wildman–Crippen LogP) is 1.55. The summed E-state index contributed by atoms with van der Waals surface area (Å²) in [6, 6.07) is 3.30. The number of carbonyl (C=O) groups is 1. The Bertz CT molecular complexity index is 300. The first-order valence-corrected chi connectivity index (χ1v) is 6.05.